The summed E-state index contributed by atoms with van der Waals surface area (Å²) in [6.45, 7) is -1.69. The minimum absolute atomic E-state index is 0.0116. The number of aromatic carboxylic acids is 1. The summed E-state index contributed by atoms with van der Waals surface area (Å²) in [4.78, 5) is 35.4. The number of amides is 2. The maximum Gasteiger partial charge on any atom is 0.335 e. The average Bonchev–Trinajstić information content (AvgIpc) is 3.15. The fourth-order valence-corrected chi connectivity index (χ4v) is 6.00. The van der Waals surface area contributed by atoms with Crippen molar-refractivity contribution < 1.29 is 98.6 Å². The molecule has 3 aliphatic heterocycles. The summed E-state index contributed by atoms with van der Waals surface area (Å²) in [6, 6.07) is 4.26. The molecule has 3 aliphatic rings. The molecule has 0 saturated carbocycles. The van der Waals surface area contributed by atoms with Crippen LogP contribution in [-0.2, 0) is 38.0 Å². The van der Waals surface area contributed by atoms with Crippen molar-refractivity contribution in [2.24, 2.45) is 0 Å². The Hall–Kier alpha value is -3.17. The van der Waals surface area contributed by atoms with Gasteiger partial charge in [0.05, 0.1) is 32.0 Å². The highest BCUT2D eigenvalue weighted by atomic mass is 16.8. The number of aliphatic hydroxyl groups excluding tert-OH is 9. The normalized spacial score (nSPS) is 37.0. The van der Waals surface area contributed by atoms with Gasteiger partial charge < -0.3 is 94.9 Å². The molecule has 2 amide bonds. The monoisotopic (exact) mass is 780 g/mol. The molecular weight excluding hydrogens is 732 g/mol. The molecule has 0 radical (unpaired) electrons. The van der Waals surface area contributed by atoms with Crippen molar-refractivity contribution in [2.75, 3.05) is 39.6 Å². The van der Waals surface area contributed by atoms with E-state index in [9.17, 15) is 60.3 Å². The lowest BCUT2D eigenvalue weighted by atomic mass is 9.95. The topological polar surface area (TPSA) is 342 Å². The summed E-state index contributed by atoms with van der Waals surface area (Å²) < 4.78 is 39.1. The fourth-order valence-electron chi connectivity index (χ4n) is 6.00. The molecule has 0 aliphatic carbocycles. The average molecular weight is 781 g/mol. The third-order valence-electron chi connectivity index (χ3n) is 8.85. The number of nitrogens with one attached hydrogen (secondary N) is 2. The Morgan fingerprint density at radius 1 is 0.741 bits per heavy atom. The summed E-state index contributed by atoms with van der Waals surface area (Å²) in [5.74, 6) is -2.11. The van der Waals surface area contributed by atoms with Crippen LogP contribution in [0.3, 0.4) is 0 Å². The standard InChI is InChI=1S/C32H48N2O20/c1-13(38)34-20-23(42)27(18(11-37)52-30(20)48-7-3-6-33-19(39)12-49-15-5-2-4-14(8-15)29(46)47)53-32-26(45)28(22(41)17(10-36)51-32)54-31-25(44)24(43)21(40)16(9-35)50-31/h2,4-5,8,16-18,20-28,30-32,35-37,40-45H,3,6-7,9-12H2,1H3,(H,33,39)(H,34,38)(H,46,47)/t16-,17-,18-,20-,21+,22+,23-,24+,25-,26-,27-,28+,30-,31-,32+/m1/s1. The Morgan fingerprint density at radius 3 is 1.98 bits per heavy atom. The van der Waals surface area contributed by atoms with Crippen LogP contribution < -0.4 is 15.4 Å². The van der Waals surface area contributed by atoms with Crippen LogP contribution in [0.2, 0.25) is 0 Å². The maximum atomic E-state index is 12.2. The predicted molar refractivity (Wildman–Crippen MR) is 173 cm³/mol. The molecule has 1 aromatic carbocycles. The molecule has 3 heterocycles. The molecule has 15 atom stereocenters. The van der Waals surface area contributed by atoms with E-state index in [1.165, 1.54) is 24.3 Å². The van der Waals surface area contributed by atoms with Gasteiger partial charge in [0.2, 0.25) is 5.91 Å². The molecule has 12 N–H and O–H groups in total. The lowest BCUT2D eigenvalue weighted by molar-refractivity contribution is -0.376. The number of aliphatic hydroxyl groups is 9. The van der Waals surface area contributed by atoms with Gasteiger partial charge in [-0.25, -0.2) is 4.79 Å². The second-order valence-corrected chi connectivity index (χ2v) is 12.7. The van der Waals surface area contributed by atoms with Crippen molar-refractivity contribution in [2.45, 2.75) is 105 Å². The fraction of sp³-hybridized carbons (Fsp3) is 0.719. The first-order valence-electron chi connectivity index (χ1n) is 17.0. The molecule has 0 bridgehead atoms. The zero-order chi connectivity index (χ0) is 39.7. The third-order valence-corrected chi connectivity index (χ3v) is 8.85. The van der Waals surface area contributed by atoms with Crippen molar-refractivity contribution in [3.63, 3.8) is 0 Å². The van der Waals surface area contributed by atoms with E-state index in [1.54, 1.807) is 0 Å². The molecule has 0 spiro atoms. The van der Waals surface area contributed by atoms with Crippen molar-refractivity contribution >= 4 is 17.8 Å². The van der Waals surface area contributed by atoms with Gasteiger partial charge in [-0.15, -0.1) is 0 Å². The Bertz CT molecular complexity index is 1370. The van der Waals surface area contributed by atoms with E-state index in [-0.39, 0.29) is 30.9 Å². The van der Waals surface area contributed by atoms with Crippen LogP contribution in [0.15, 0.2) is 24.3 Å². The molecule has 22 nitrogen and oxygen atoms in total. The van der Waals surface area contributed by atoms with Crippen LogP contribution in [0.4, 0.5) is 0 Å². The van der Waals surface area contributed by atoms with Gasteiger partial charge in [-0.3, -0.25) is 9.59 Å². The molecule has 54 heavy (non-hydrogen) atoms. The lowest BCUT2D eigenvalue weighted by Gasteiger charge is -2.48. The van der Waals surface area contributed by atoms with Crippen molar-refractivity contribution in [1.29, 1.82) is 0 Å². The molecule has 22 heteroatoms. The van der Waals surface area contributed by atoms with Gasteiger partial charge in [0.1, 0.15) is 78.9 Å². The number of benzene rings is 1. The molecular formula is C32H48N2O20. The summed E-state index contributed by atoms with van der Waals surface area (Å²) >= 11 is 0. The number of ether oxygens (including phenoxy) is 7. The Morgan fingerprint density at radius 2 is 1.35 bits per heavy atom. The quantitative estimate of drug-likeness (QED) is 0.0654. The first-order chi connectivity index (χ1) is 25.7. The van der Waals surface area contributed by atoms with Gasteiger partial charge in [-0.1, -0.05) is 6.07 Å². The molecule has 0 aromatic heterocycles. The van der Waals surface area contributed by atoms with Crippen LogP contribution in [0, 0.1) is 0 Å². The van der Waals surface area contributed by atoms with Crippen LogP contribution in [0.5, 0.6) is 5.75 Å². The minimum atomic E-state index is -1.97. The predicted octanol–water partition coefficient (Wildman–Crippen LogP) is -6.12. The number of hydrogen-bond donors (Lipinski definition) is 12. The van der Waals surface area contributed by atoms with Gasteiger partial charge in [0.15, 0.2) is 25.5 Å². The van der Waals surface area contributed by atoms with Crippen molar-refractivity contribution in [3.8, 4) is 5.75 Å². The Balaban J connectivity index is 1.35. The zero-order valence-corrected chi connectivity index (χ0v) is 29.0. The summed E-state index contributed by atoms with van der Waals surface area (Å²) in [7, 11) is 0. The van der Waals surface area contributed by atoms with Crippen LogP contribution in [-0.4, -0.2) is 200 Å². The van der Waals surface area contributed by atoms with Gasteiger partial charge in [-0.2, -0.15) is 0 Å². The van der Waals surface area contributed by atoms with Gasteiger partial charge in [0.25, 0.3) is 5.91 Å². The van der Waals surface area contributed by atoms with Crippen molar-refractivity contribution in [1.82, 2.24) is 10.6 Å². The second-order valence-electron chi connectivity index (χ2n) is 12.7. The number of carbonyl (C=O) groups excluding carboxylic acids is 2. The van der Waals surface area contributed by atoms with Gasteiger partial charge in [0, 0.05) is 13.5 Å². The van der Waals surface area contributed by atoms with E-state index in [0.29, 0.717) is 0 Å². The third kappa shape index (κ3) is 10.8. The molecule has 3 saturated heterocycles. The van der Waals surface area contributed by atoms with Crippen LogP contribution in [0.1, 0.15) is 23.7 Å². The van der Waals surface area contributed by atoms with E-state index in [2.05, 4.69) is 10.6 Å². The van der Waals surface area contributed by atoms with E-state index in [1.807, 2.05) is 0 Å². The number of carbonyl (C=O) groups is 3. The zero-order valence-electron chi connectivity index (χ0n) is 29.0. The number of rotatable bonds is 17. The number of carboxylic acid groups (broad SMARTS) is 1. The first kappa shape index (κ1) is 43.6. The number of hydrogen-bond acceptors (Lipinski definition) is 19. The van der Waals surface area contributed by atoms with Crippen LogP contribution >= 0.6 is 0 Å². The van der Waals surface area contributed by atoms with Gasteiger partial charge >= 0.3 is 5.97 Å². The maximum absolute atomic E-state index is 12.2. The van der Waals surface area contributed by atoms with Crippen LogP contribution in [0.25, 0.3) is 0 Å². The smallest absolute Gasteiger partial charge is 0.335 e. The minimum Gasteiger partial charge on any atom is -0.484 e. The molecule has 0 unspecified atom stereocenters. The van der Waals surface area contributed by atoms with E-state index < -0.39 is 136 Å². The highest BCUT2D eigenvalue weighted by Gasteiger charge is 2.54. The first-order valence-corrected chi connectivity index (χ1v) is 17.0. The van der Waals surface area contributed by atoms with E-state index in [0.717, 1.165) is 6.92 Å². The second kappa shape index (κ2) is 20.1. The largest absolute Gasteiger partial charge is 0.484 e. The highest BCUT2D eigenvalue weighted by Crippen LogP contribution is 2.33. The Labute approximate surface area is 307 Å². The lowest BCUT2D eigenvalue weighted by Crippen LogP contribution is -2.68. The van der Waals surface area contributed by atoms with Crippen molar-refractivity contribution in [3.05, 3.63) is 29.8 Å². The summed E-state index contributed by atoms with van der Waals surface area (Å²) in [6.07, 6.45) is -23.4. The van der Waals surface area contributed by atoms with E-state index in [4.69, 9.17) is 38.3 Å². The molecule has 3 fully saturated rings. The molecule has 1 aromatic rings. The SMILES string of the molecule is CC(=O)N[C@H]1[C@H](OCCCNC(=O)COc2cccc(C(=O)O)c2)O[C@H](CO)[C@@H](O[C@@H]2O[C@H](CO)[C@H](O)[C@H](O[C@H]3O[C@H](CO)[C@H](O)[C@H](O)[C@H]3O)[C@H]2O)[C@@H]1O. The molecule has 4 rings (SSSR count). The molecule has 306 valence electrons. The van der Waals surface area contributed by atoms with Gasteiger partial charge in [-0.05, 0) is 24.6 Å². The van der Waals surface area contributed by atoms with E-state index >= 15 is 0 Å². The Kier molecular flexibility index (Phi) is 16.2. The highest BCUT2D eigenvalue weighted by molar-refractivity contribution is 5.88. The summed E-state index contributed by atoms with van der Waals surface area (Å²) in [5.41, 5.74) is -0.0116. The summed E-state index contributed by atoms with van der Waals surface area (Å²) in [5, 5.41) is 108. The number of carboxylic acids is 1.